The van der Waals surface area contributed by atoms with Crippen molar-refractivity contribution in [1.82, 2.24) is 0 Å². The maximum atomic E-state index is 12.8. The Morgan fingerprint density at radius 3 is 2.33 bits per heavy atom. The summed E-state index contributed by atoms with van der Waals surface area (Å²) in [7, 11) is 0. The average Bonchev–Trinajstić information content (AvgIpc) is 2.47. The van der Waals surface area contributed by atoms with E-state index in [2.05, 4.69) is 15.9 Å². The summed E-state index contributed by atoms with van der Waals surface area (Å²) in [5, 5.41) is 2.44. The van der Waals surface area contributed by atoms with Crippen molar-refractivity contribution >= 4 is 44.1 Å². The van der Waals surface area contributed by atoms with Gasteiger partial charge in [0.15, 0.2) is 5.78 Å². The third-order valence-electron chi connectivity index (χ3n) is 3.48. The summed E-state index contributed by atoms with van der Waals surface area (Å²) in [5.41, 5.74) is 2.24. The molecule has 3 heteroatoms. The zero-order chi connectivity index (χ0) is 15.0. The predicted molar refractivity (Wildman–Crippen MR) is 91.3 cm³/mol. The van der Waals surface area contributed by atoms with Crippen LogP contribution in [0.5, 0.6) is 0 Å². The van der Waals surface area contributed by atoms with E-state index in [1.54, 1.807) is 6.07 Å². The molecule has 1 nitrogen and oxygen atoms in total. The molecule has 0 aliphatic rings. The summed E-state index contributed by atoms with van der Waals surface area (Å²) in [6.45, 7) is 1.95. The van der Waals surface area contributed by atoms with E-state index in [0.29, 0.717) is 16.1 Å². The summed E-state index contributed by atoms with van der Waals surface area (Å²) in [6.07, 6.45) is 0. The van der Waals surface area contributed by atoms with E-state index in [1.165, 1.54) is 0 Å². The van der Waals surface area contributed by atoms with E-state index in [0.717, 1.165) is 20.8 Å². The molecule has 0 N–H and O–H groups in total. The molecular weight excluding hydrogens is 348 g/mol. The molecular formula is C18H12BrClO. The smallest absolute Gasteiger partial charge is 0.195 e. The number of carbonyl (C=O) groups is 1. The van der Waals surface area contributed by atoms with Gasteiger partial charge in [0.05, 0.1) is 5.02 Å². The Balaban J connectivity index is 2.21. The van der Waals surface area contributed by atoms with Gasteiger partial charge in [-0.25, -0.2) is 0 Å². The van der Waals surface area contributed by atoms with Gasteiger partial charge in [-0.3, -0.25) is 4.79 Å². The Kier molecular flexibility index (Phi) is 3.83. The summed E-state index contributed by atoms with van der Waals surface area (Å²) in [6, 6.07) is 17.1. The van der Waals surface area contributed by atoms with Crippen LogP contribution in [0.25, 0.3) is 10.8 Å². The van der Waals surface area contributed by atoms with E-state index in [-0.39, 0.29) is 5.78 Å². The van der Waals surface area contributed by atoms with Crippen molar-refractivity contribution in [3.05, 3.63) is 80.8 Å². The highest BCUT2D eigenvalue weighted by molar-refractivity contribution is 9.10. The van der Waals surface area contributed by atoms with E-state index in [4.69, 9.17) is 11.6 Å². The van der Waals surface area contributed by atoms with Crippen LogP contribution in [-0.4, -0.2) is 5.78 Å². The van der Waals surface area contributed by atoms with Gasteiger partial charge >= 0.3 is 0 Å². The molecule has 0 aromatic heterocycles. The van der Waals surface area contributed by atoms with Crippen molar-refractivity contribution in [3.8, 4) is 0 Å². The maximum absolute atomic E-state index is 12.8. The molecule has 3 aromatic carbocycles. The molecule has 0 radical (unpaired) electrons. The molecule has 3 aromatic rings. The first-order valence-electron chi connectivity index (χ1n) is 6.56. The molecule has 0 saturated carbocycles. The van der Waals surface area contributed by atoms with Gasteiger partial charge < -0.3 is 0 Å². The number of hydrogen-bond acceptors (Lipinski definition) is 1. The third kappa shape index (κ3) is 2.61. The molecule has 0 amide bonds. The van der Waals surface area contributed by atoms with Gasteiger partial charge in [0.1, 0.15) is 0 Å². The van der Waals surface area contributed by atoms with Crippen molar-refractivity contribution in [2.75, 3.05) is 0 Å². The average molecular weight is 360 g/mol. The molecule has 0 atom stereocenters. The zero-order valence-corrected chi connectivity index (χ0v) is 13.7. The van der Waals surface area contributed by atoms with Crippen LogP contribution in [0.2, 0.25) is 5.02 Å². The minimum atomic E-state index is -0.0521. The molecule has 0 spiro atoms. The van der Waals surface area contributed by atoms with E-state index in [9.17, 15) is 4.79 Å². The van der Waals surface area contributed by atoms with Gasteiger partial charge in [-0.2, -0.15) is 0 Å². The van der Waals surface area contributed by atoms with Crippen LogP contribution in [0, 0.1) is 6.92 Å². The summed E-state index contributed by atoms with van der Waals surface area (Å²) in [5.74, 6) is -0.0521. The Labute approximate surface area is 136 Å². The van der Waals surface area contributed by atoms with Gasteiger partial charge in [-0.1, -0.05) is 57.9 Å². The normalized spacial score (nSPS) is 10.8. The topological polar surface area (TPSA) is 17.1 Å². The van der Waals surface area contributed by atoms with Crippen molar-refractivity contribution in [1.29, 1.82) is 0 Å². The third-order valence-corrected chi connectivity index (χ3v) is 4.49. The second-order valence-corrected chi connectivity index (χ2v) is 6.21. The van der Waals surface area contributed by atoms with Gasteiger partial charge in [0.2, 0.25) is 0 Å². The monoisotopic (exact) mass is 358 g/mol. The summed E-state index contributed by atoms with van der Waals surface area (Å²) < 4.78 is 0.977. The molecule has 0 heterocycles. The second-order valence-electron chi connectivity index (χ2n) is 4.95. The first-order chi connectivity index (χ1) is 10.1. The molecule has 3 rings (SSSR count). The van der Waals surface area contributed by atoms with Crippen molar-refractivity contribution in [2.24, 2.45) is 0 Å². The zero-order valence-electron chi connectivity index (χ0n) is 11.4. The number of rotatable bonds is 2. The molecule has 21 heavy (non-hydrogen) atoms. The lowest BCUT2D eigenvalue weighted by atomic mass is 9.97. The van der Waals surface area contributed by atoms with Gasteiger partial charge in [-0.05, 0) is 47.5 Å². The Bertz CT molecular complexity index is 855. The molecule has 0 aliphatic carbocycles. The quantitative estimate of drug-likeness (QED) is 0.529. The van der Waals surface area contributed by atoms with Gasteiger partial charge in [-0.15, -0.1) is 0 Å². The van der Waals surface area contributed by atoms with E-state index < -0.39 is 0 Å². The first kappa shape index (κ1) is 14.3. The van der Waals surface area contributed by atoms with Crippen LogP contribution < -0.4 is 0 Å². The van der Waals surface area contributed by atoms with Crippen LogP contribution in [0.4, 0.5) is 0 Å². The van der Waals surface area contributed by atoms with E-state index in [1.807, 2.05) is 55.5 Å². The molecule has 0 saturated heterocycles. The standard InChI is InChI=1S/C18H12BrClO/c1-11-6-7-15(17(20)10-11)18(21)14-8-9-16(19)13-5-3-2-4-12(13)14/h2-10H,1H3. The minimum absolute atomic E-state index is 0.0521. The number of ketones is 1. The van der Waals surface area contributed by atoms with Crippen molar-refractivity contribution in [3.63, 3.8) is 0 Å². The molecule has 0 unspecified atom stereocenters. The van der Waals surface area contributed by atoms with Crippen LogP contribution in [0.3, 0.4) is 0 Å². The lowest BCUT2D eigenvalue weighted by molar-refractivity contribution is 0.104. The van der Waals surface area contributed by atoms with Crippen LogP contribution in [-0.2, 0) is 0 Å². The SMILES string of the molecule is Cc1ccc(C(=O)c2ccc(Br)c3ccccc23)c(Cl)c1. The first-order valence-corrected chi connectivity index (χ1v) is 7.73. The lowest BCUT2D eigenvalue weighted by Crippen LogP contribution is -2.03. The maximum Gasteiger partial charge on any atom is 0.195 e. The van der Waals surface area contributed by atoms with Crippen LogP contribution in [0.15, 0.2) is 59.1 Å². The van der Waals surface area contributed by atoms with Crippen molar-refractivity contribution < 1.29 is 4.79 Å². The number of carbonyl (C=O) groups excluding carboxylic acids is 1. The van der Waals surface area contributed by atoms with Crippen LogP contribution >= 0.6 is 27.5 Å². The predicted octanol–water partition coefficient (Wildman–Crippen LogP) is 5.80. The highest BCUT2D eigenvalue weighted by atomic mass is 79.9. The summed E-state index contributed by atoms with van der Waals surface area (Å²) >= 11 is 9.75. The number of hydrogen-bond donors (Lipinski definition) is 0. The molecule has 104 valence electrons. The fourth-order valence-electron chi connectivity index (χ4n) is 2.41. The van der Waals surface area contributed by atoms with Gasteiger partial charge in [0.25, 0.3) is 0 Å². The fourth-order valence-corrected chi connectivity index (χ4v) is 3.21. The Hall–Kier alpha value is -1.64. The largest absolute Gasteiger partial charge is 0.289 e. The molecule has 0 bridgehead atoms. The van der Waals surface area contributed by atoms with Gasteiger partial charge in [0, 0.05) is 15.6 Å². The van der Waals surface area contributed by atoms with E-state index >= 15 is 0 Å². The Morgan fingerprint density at radius 2 is 1.62 bits per heavy atom. The number of halogens is 2. The number of benzene rings is 3. The number of aryl methyl sites for hydroxylation is 1. The van der Waals surface area contributed by atoms with Crippen LogP contribution in [0.1, 0.15) is 21.5 Å². The minimum Gasteiger partial charge on any atom is -0.289 e. The molecule has 0 fully saturated rings. The lowest BCUT2D eigenvalue weighted by Gasteiger charge is -2.09. The van der Waals surface area contributed by atoms with Crippen molar-refractivity contribution in [2.45, 2.75) is 6.92 Å². The fraction of sp³-hybridized carbons (Fsp3) is 0.0556. The Morgan fingerprint density at radius 1 is 0.952 bits per heavy atom. The molecule has 0 aliphatic heterocycles. The summed E-state index contributed by atoms with van der Waals surface area (Å²) in [4.78, 5) is 12.8. The second kappa shape index (κ2) is 5.63. The highest BCUT2D eigenvalue weighted by Gasteiger charge is 2.16. The number of fused-ring (bicyclic) bond motifs is 1. The highest BCUT2D eigenvalue weighted by Crippen LogP contribution is 2.29.